The summed E-state index contributed by atoms with van der Waals surface area (Å²) in [5.74, 6) is 0.832. The van der Waals surface area contributed by atoms with Crippen LogP contribution < -0.4 is 4.74 Å². The SMILES string of the molecule is CCCOc1ccc(C(O)COCCCOC)cc1. The number of aliphatic hydroxyl groups excluding tert-OH is 1. The van der Waals surface area contributed by atoms with Gasteiger partial charge in [0.1, 0.15) is 11.9 Å². The molecule has 0 saturated heterocycles. The summed E-state index contributed by atoms with van der Waals surface area (Å²) >= 11 is 0. The third-order valence-electron chi connectivity index (χ3n) is 2.65. The van der Waals surface area contributed by atoms with Gasteiger partial charge in [-0.2, -0.15) is 0 Å². The van der Waals surface area contributed by atoms with Crippen molar-refractivity contribution < 1.29 is 19.3 Å². The molecule has 0 heterocycles. The Labute approximate surface area is 115 Å². The van der Waals surface area contributed by atoms with Crippen molar-refractivity contribution >= 4 is 0 Å². The van der Waals surface area contributed by atoms with Crippen LogP contribution in [0.2, 0.25) is 0 Å². The second-order valence-electron chi connectivity index (χ2n) is 4.35. The van der Waals surface area contributed by atoms with Gasteiger partial charge in [-0.15, -0.1) is 0 Å². The summed E-state index contributed by atoms with van der Waals surface area (Å²) in [6.45, 7) is 4.37. The monoisotopic (exact) mass is 268 g/mol. The Morgan fingerprint density at radius 2 is 1.84 bits per heavy atom. The Hall–Kier alpha value is -1.10. The summed E-state index contributed by atoms with van der Waals surface area (Å²) in [5.41, 5.74) is 0.843. The van der Waals surface area contributed by atoms with Gasteiger partial charge in [-0.05, 0) is 30.5 Å². The van der Waals surface area contributed by atoms with Crippen molar-refractivity contribution in [2.45, 2.75) is 25.9 Å². The normalized spacial score (nSPS) is 12.4. The highest BCUT2D eigenvalue weighted by Gasteiger charge is 2.07. The van der Waals surface area contributed by atoms with Crippen molar-refractivity contribution in [2.75, 3.05) is 33.5 Å². The summed E-state index contributed by atoms with van der Waals surface area (Å²) in [5, 5.41) is 9.95. The molecule has 1 unspecified atom stereocenters. The Kier molecular flexibility index (Phi) is 8.21. The van der Waals surface area contributed by atoms with Gasteiger partial charge in [0, 0.05) is 20.3 Å². The first-order valence-electron chi connectivity index (χ1n) is 6.75. The first-order valence-corrected chi connectivity index (χ1v) is 6.75. The van der Waals surface area contributed by atoms with Gasteiger partial charge in [-0.3, -0.25) is 0 Å². The van der Waals surface area contributed by atoms with Crippen molar-refractivity contribution in [3.8, 4) is 5.75 Å². The van der Waals surface area contributed by atoms with Crippen molar-refractivity contribution in [3.63, 3.8) is 0 Å². The number of rotatable bonds is 10. The minimum atomic E-state index is -0.595. The molecular formula is C15H24O4. The molecule has 1 aromatic carbocycles. The largest absolute Gasteiger partial charge is 0.494 e. The average molecular weight is 268 g/mol. The predicted octanol–water partition coefficient (Wildman–Crippen LogP) is 2.56. The van der Waals surface area contributed by atoms with Crippen molar-refractivity contribution in [2.24, 2.45) is 0 Å². The van der Waals surface area contributed by atoms with E-state index in [-0.39, 0.29) is 0 Å². The Balaban J connectivity index is 2.29. The van der Waals surface area contributed by atoms with Crippen LogP contribution in [0.5, 0.6) is 5.75 Å². The molecule has 1 aromatic rings. The quantitative estimate of drug-likeness (QED) is 0.663. The number of aliphatic hydroxyl groups is 1. The maximum Gasteiger partial charge on any atom is 0.119 e. The molecule has 0 aliphatic rings. The lowest BCUT2D eigenvalue weighted by Crippen LogP contribution is -2.09. The second kappa shape index (κ2) is 9.78. The lowest BCUT2D eigenvalue weighted by Gasteiger charge is -2.12. The molecule has 0 bridgehead atoms. The molecule has 19 heavy (non-hydrogen) atoms. The van der Waals surface area contributed by atoms with Gasteiger partial charge in [0.25, 0.3) is 0 Å². The molecule has 0 fully saturated rings. The van der Waals surface area contributed by atoms with Crippen LogP contribution in [0.4, 0.5) is 0 Å². The molecular weight excluding hydrogens is 244 g/mol. The van der Waals surface area contributed by atoms with E-state index >= 15 is 0 Å². The van der Waals surface area contributed by atoms with Gasteiger partial charge in [-0.25, -0.2) is 0 Å². The average Bonchev–Trinajstić information content (AvgIpc) is 2.45. The fraction of sp³-hybridized carbons (Fsp3) is 0.600. The van der Waals surface area contributed by atoms with E-state index in [2.05, 4.69) is 6.92 Å². The number of ether oxygens (including phenoxy) is 3. The minimum Gasteiger partial charge on any atom is -0.494 e. The topological polar surface area (TPSA) is 47.9 Å². The Morgan fingerprint density at radius 3 is 2.47 bits per heavy atom. The standard InChI is InChI=1S/C15H24O4/c1-3-9-19-14-7-5-13(6-8-14)15(16)12-18-11-4-10-17-2/h5-8,15-16H,3-4,9-12H2,1-2H3. The van der Waals surface area contributed by atoms with Crippen LogP contribution in [0.25, 0.3) is 0 Å². The lowest BCUT2D eigenvalue weighted by molar-refractivity contribution is 0.0279. The molecule has 0 aliphatic carbocycles. The summed E-state index contributed by atoms with van der Waals surface area (Å²) in [6, 6.07) is 7.49. The van der Waals surface area contributed by atoms with Crippen LogP contribution in [-0.2, 0) is 9.47 Å². The fourth-order valence-electron chi connectivity index (χ4n) is 1.60. The van der Waals surface area contributed by atoms with Crippen LogP contribution in [-0.4, -0.2) is 38.6 Å². The van der Waals surface area contributed by atoms with Crippen LogP contribution >= 0.6 is 0 Å². The van der Waals surface area contributed by atoms with Crippen molar-refractivity contribution in [1.82, 2.24) is 0 Å². The molecule has 0 aromatic heterocycles. The lowest BCUT2D eigenvalue weighted by atomic mass is 10.1. The first kappa shape index (κ1) is 16.0. The third kappa shape index (κ3) is 6.57. The minimum absolute atomic E-state index is 0.304. The zero-order valence-corrected chi connectivity index (χ0v) is 11.8. The van der Waals surface area contributed by atoms with E-state index in [1.807, 2.05) is 24.3 Å². The Morgan fingerprint density at radius 1 is 1.11 bits per heavy atom. The maximum absolute atomic E-state index is 9.95. The van der Waals surface area contributed by atoms with Gasteiger partial charge in [0.15, 0.2) is 0 Å². The van der Waals surface area contributed by atoms with Gasteiger partial charge >= 0.3 is 0 Å². The smallest absolute Gasteiger partial charge is 0.119 e. The summed E-state index contributed by atoms with van der Waals surface area (Å²) in [4.78, 5) is 0. The molecule has 4 nitrogen and oxygen atoms in total. The van der Waals surface area contributed by atoms with Crippen LogP contribution in [0.3, 0.4) is 0 Å². The molecule has 1 atom stereocenters. The van der Waals surface area contributed by atoms with Gasteiger partial charge < -0.3 is 19.3 Å². The van der Waals surface area contributed by atoms with E-state index in [1.165, 1.54) is 0 Å². The second-order valence-corrected chi connectivity index (χ2v) is 4.35. The van der Waals surface area contributed by atoms with Gasteiger partial charge in [0.05, 0.1) is 13.2 Å². The van der Waals surface area contributed by atoms with Crippen LogP contribution in [0.15, 0.2) is 24.3 Å². The van der Waals surface area contributed by atoms with E-state index in [0.29, 0.717) is 26.4 Å². The highest BCUT2D eigenvalue weighted by molar-refractivity contribution is 5.28. The zero-order chi connectivity index (χ0) is 13.9. The maximum atomic E-state index is 9.95. The van der Waals surface area contributed by atoms with E-state index in [9.17, 15) is 5.11 Å². The third-order valence-corrected chi connectivity index (χ3v) is 2.65. The molecule has 108 valence electrons. The van der Waals surface area contributed by atoms with Crippen LogP contribution in [0, 0.1) is 0 Å². The highest BCUT2D eigenvalue weighted by atomic mass is 16.5. The van der Waals surface area contributed by atoms with E-state index < -0.39 is 6.10 Å². The molecule has 0 amide bonds. The molecule has 4 heteroatoms. The zero-order valence-electron chi connectivity index (χ0n) is 11.8. The van der Waals surface area contributed by atoms with E-state index in [0.717, 1.165) is 24.2 Å². The fourth-order valence-corrected chi connectivity index (χ4v) is 1.60. The highest BCUT2D eigenvalue weighted by Crippen LogP contribution is 2.18. The summed E-state index contributed by atoms with van der Waals surface area (Å²) < 4.78 is 15.8. The molecule has 1 N–H and O–H groups in total. The van der Waals surface area contributed by atoms with E-state index in [4.69, 9.17) is 14.2 Å². The molecule has 1 rings (SSSR count). The number of hydrogen-bond donors (Lipinski definition) is 1. The number of benzene rings is 1. The van der Waals surface area contributed by atoms with Crippen LogP contribution in [0.1, 0.15) is 31.4 Å². The van der Waals surface area contributed by atoms with Gasteiger partial charge in [-0.1, -0.05) is 19.1 Å². The summed E-state index contributed by atoms with van der Waals surface area (Å²) in [6.07, 6.45) is 1.23. The van der Waals surface area contributed by atoms with Crippen molar-refractivity contribution in [3.05, 3.63) is 29.8 Å². The predicted molar refractivity (Wildman–Crippen MR) is 74.5 cm³/mol. The van der Waals surface area contributed by atoms with Gasteiger partial charge in [0.2, 0.25) is 0 Å². The first-order chi connectivity index (χ1) is 9.27. The molecule has 0 saturated carbocycles. The Bertz CT molecular complexity index is 323. The number of methoxy groups -OCH3 is 1. The summed E-state index contributed by atoms with van der Waals surface area (Å²) in [7, 11) is 1.66. The molecule has 0 spiro atoms. The van der Waals surface area contributed by atoms with E-state index in [1.54, 1.807) is 7.11 Å². The van der Waals surface area contributed by atoms with Crippen molar-refractivity contribution in [1.29, 1.82) is 0 Å². The molecule has 0 radical (unpaired) electrons. The number of hydrogen-bond acceptors (Lipinski definition) is 4. The molecule has 0 aliphatic heterocycles.